The van der Waals surface area contributed by atoms with Crippen molar-refractivity contribution in [3.8, 4) is 0 Å². The van der Waals surface area contributed by atoms with Gasteiger partial charge in [-0.2, -0.15) is 0 Å². The SMILES string of the molecule is CCCCC1=C(C)C(=O)N/C1=C\c1[nH]c(Cc2[nH]c(/C=C3\NC(=O)C(C)=C3CCCC)c(C)c2CCC(=O)O)c(CCC(=O)O)c1C. The summed E-state index contributed by atoms with van der Waals surface area (Å²) in [6.45, 7) is 11.8. The molecule has 4 heterocycles. The zero-order chi connectivity index (χ0) is 34.4. The van der Waals surface area contributed by atoms with Crippen molar-refractivity contribution < 1.29 is 29.4 Å². The van der Waals surface area contributed by atoms with Gasteiger partial charge in [0.1, 0.15) is 0 Å². The van der Waals surface area contributed by atoms with E-state index >= 15 is 0 Å². The summed E-state index contributed by atoms with van der Waals surface area (Å²) >= 11 is 0. The van der Waals surface area contributed by atoms with Crippen LogP contribution in [-0.2, 0) is 38.4 Å². The summed E-state index contributed by atoms with van der Waals surface area (Å²) in [5.74, 6) is -2.00. The van der Waals surface area contributed by atoms with Crippen LogP contribution in [0.1, 0.15) is 124 Å². The number of carbonyl (C=O) groups excluding carboxylic acids is 2. The van der Waals surface area contributed by atoms with Crippen LogP contribution < -0.4 is 10.6 Å². The lowest BCUT2D eigenvalue weighted by atomic mass is 9.98. The molecular weight excluding hydrogens is 596 g/mol. The van der Waals surface area contributed by atoms with Gasteiger partial charge in [0.25, 0.3) is 11.8 Å². The van der Waals surface area contributed by atoms with E-state index in [-0.39, 0.29) is 24.7 Å². The van der Waals surface area contributed by atoms with Gasteiger partial charge < -0.3 is 30.8 Å². The van der Waals surface area contributed by atoms with E-state index in [1.54, 1.807) is 0 Å². The standard InChI is InChI=1S/C37H48N4O6/c1-7-9-11-24-22(5)36(46)40-32(24)17-28-20(3)26(13-15-34(42)43)30(38-28)19-31-27(14-16-35(44)45)21(4)29(39-31)18-33-25(12-10-8-2)23(6)37(47)41-33/h17-18,38-39H,7-16,19H2,1-6H3,(H,40,46)(H,41,47)(H,42,43)(H,44,45)/b32-17-,33-18-. The maximum atomic E-state index is 12.6. The van der Waals surface area contributed by atoms with Crippen molar-refractivity contribution in [2.75, 3.05) is 0 Å². The highest BCUT2D eigenvalue weighted by molar-refractivity contribution is 6.01. The number of nitrogens with one attached hydrogen (secondary N) is 4. The normalized spacial score (nSPS) is 16.6. The third kappa shape index (κ3) is 8.04. The number of aliphatic carboxylic acids is 2. The minimum absolute atomic E-state index is 0.0436. The van der Waals surface area contributed by atoms with Gasteiger partial charge in [-0.1, -0.05) is 26.7 Å². The maximum Gasteiger partial charge on any atom is 0.303 e. The minimum Gasteiger partial charge on any atom is -0.481 e. The molecule has 10 heteroatoms. The molecule has 0 saturated heterocycles. The molecule has 2 aromatic heterocycles. The molecule has 10 nitrogen and oxygen atoms in total. The molecule has 4 rings (SSSR count). The summed E-state index contributed by atoms with van der Waals surface area (Å²) in [6.07, 6.45) is 10.3. The molecule has 0 aromatic carbocycles. The quantitative estimate of drug-likeness (QED) is 0.121. The molecule has 0 atom stereocenters. The average Bonchev–Trinajstić information content (AvgIpc) is 3.66. The van der Waals surface area contributed by atoms with Gasteiger partial charge in [-0.25, -0.2) is 0 Å². The Hall–Kier alpha value is -4.60. The Morgan fingerprint density at radius 1 is 0.638 bits per heavy atom. The lowest BCUT2D eigenvalue weighted by molar-refractivity contribution is -0.138. The molecule has 2 aromatic rings. The molecule has 2 amide bonds. The van der Waals surface area contributed by atoms with Gasteiger partial charge in [0.2, 0.25) is 0 Å². The highest BCUT2D eigenvalue weighted by atomic mass is 16.4. The number of aromatic nitrogens is 2. The number of rotatable bonds is 16. The van der Waals surface area contributed by atoms with Crippen LogP contribution in [0.4, 0.5) is 0 Å². The predicted octanol–water partition coefficient (Wildman–Crippen LogP) is 6.54. The monoisotopic (exact) mass is 644 g/mol. The summed E-state index contributed by atoms with van der Waals surface area (Å²) < 4.78 is 0. The third-order valence-corrected chi connectivity index (χ3v) is 9.42. The number of carboxylic acid groups (broad SMARTS) is 2. The van der Waals surface area contributed by atoms with E-state index in [4.69, 9.17) is 0 Å². The van der Waals surface area contributed by atoms with Crippen LogP contribution in [0.25, 0.3) is 12.2 Å². The summed E-state index contributed by atoms with van der Waals surface area (Å²) in [5.41, 5.74) is 11.8. The fourth-order valence-corrected chi connectivity index (χ4v) is 6.50. The first-order chi connectivity index (χ1) is 22.4. The van der Waals surface area contributed by atoms with E-state index in [0.717, 1.165) is 106 Å². The molecule has 252 valence electrons. The Labute approximate surface area is 276 Å². The van der Waals surface area contributed by atoms with Crippen molar-refractivity contribution >= 4 is 35.9 Å². The van der Waals surface area contributed by atoms with Gasteiger partial charge >= 0.3 is 11.9 Å². The molecule has 47 heavy (non-hydrogen) atoms. The van der Waals surface area contributed by atoms with Gasteiger partial charge in [0.15, 0.2) is 0 Å². The number of carboxylic acids is 2. The van der Waals surface area contributed by atoms with Crippen LogP contribution in [0.15, 0.2) is 33.7 Å². The second-order valence-corrected chi connectivity index (χ2v) is 12.6. The molecule has 0 spiro atoms. The zero-order valence-electron chi connectivity index (χ0n) is 28.5. The average molecular weight is 645 g/mol. The van der Waals surface area contributed by atoms with Crippen LogP contribution >= 0.6 is 0 Å². The highest BCUT2D eigenvalue weighted by Gasteiger charge is 2.26. The fraction of sp³-hybridized carbons (Fsp3) is 0.459. The van der Waals surface area contributed by atoms with Crippen LogP contribution in [0.3, 0.4) is 0 Å². The fourth-order valence-electron chi connectivity index (χ4n) is 6.50. The smallest absolute Gasteiger partial charge is 0.303 e. The van der Waals surface area contributed by atoms with E-state index in [1.807, 2.05) is 39.8 Å². The number of unbranched alkanes of at least 4 members (excludes halogenated alkanes) is 2. The van der Waals surface area contributed by atoms with Gasteiger partial charge in [0, 0.05) is 64.6 Å². The van der Waals surface area contributed by atoms with Crippen LogP contribution in [0.2, 0.25) is 0 Å². The maximum absolute atomic E-state index is 12.6. The molecule has 2 aliphatic rings. The van der Waals surface area contributed by atoms with E-state index in [0.29, 0.717) is 30.4 Å². The van der Waals surface area contributed by atoms with E-state index in [9.17, 15) is 29.4 Å². The summed E-state index contributed by atoms with van der Waals surface area (Å²) in [5, 5.41) is 25.1. The van der Waals surface area contributed by atoms with E-state index in [2.05, 4.69) is 34.4 Å². The number of amides is 2. The third-order valence-electron chi connectivity index (χ3n) is 9.42. The van der Waals surface area contributed by atoms with E-state index < -0.39 is 11.9 Å². The first-order valence-corrected chi connectivity index (χ1v) is 16.7. The zero-order valence-corrected chi connectivity index (χ0v) is 28.5. The lowest BCUT2D eigenvalue weighted by Crippen LogP contribution is -2.15. The second-order valence-electron chi connectivity index (χ2n) is 12.6. The highest BCUT2D eigenvalue weighted by Crippen LogP contribution is 2.33. The van der Waals surface area contributed by atoms with Crippen molar-refractivity contribution in [3.63, 3.8) is 0 Å². The lowest BCUT2D eigenvalue weighted by Gasteiger charge is -2.07. The Kier molecular flexibility index (Phi) is 11.5. The van der Waals surface area contributed by atoms with Gasteiger partial charge in [-0.3, -0.25) is 19.2 Å². The van der Waals surface area contributed by atoms with Gasteiger partial charge in [0.05, 0.1) is 0 Å². The Balaban J connectivity index is 1.79. The molecule has 0 bridgehead atoms. The second kappa shape index (κ2) is 15.3. The van der Waals surface area contributed by atoms with Crippen molar-refractivity contribution in [2.24, 2.45) is 0 Å². The number of carbonyl (C=O) groups is 4. The summed E-state index contributed by atoms with van der Waals surface area (Å²) in [4.78, 5) is 55.5. The number of allylic oxidation sites excluding steroid dienone is 2. The Morgan fingerprint density at radius 2 is 1.02 bits per heavy atom. The molecule has 2 aliphatic heterocycles. The first-order valence-electron chi connectivity index (χ1n) is 16.7. The van der Waals surface area contributed by atoms with Crippen molar-refractivity contribution in [1.29, 1.82) is 0 Å². The number of aromatic amines is 2. The number of hydrogen-bond acceptors (Lipinski definition) is 4. The largest absolute Gasteiger partial charge is 0.481 e. The number of hydrogen-bond donors (Lipinski definition) is 6. The molecule has 0 unspecified atom stereocenters. The Morgan fingerprint density at radius 3 is 1.36 bits per heavy atom. The van der Waals surface area contributed by atoms with Crippen LogP contribution in [-0.4, -0.2) is 43.9 Å². The van der Waals surface area contributed by atoms with Crippen molar-refractivity contribution in [3.05, 3.63) is 78.7 Å². The molecule has 6 N–H and O–H groups in total. The molecule has 0 fully saturated rings. The summed E-state index contributed by atoms with van der Waals surface area (Å²) in [7, 11) is 0. The van der Waals surface area contributed by atoms with E-state index in [1.165, 1.54) is 0 Å². The van der Waals surface area contributed by atoms with Crippen molar-refractivity contribution in [1.82, 2.24) is 20.6 Å². The topological polar surface area (TPSA) is 164 Å². The molecule has 0 aliphatic carbocycles. The molecule has 0 radical (unpaired) electrons. The van der Waals surface area contributed by atoms with Crippen LogP contribution in [0, 0.1) is 13.8 Å². The van der Waals surface area contributed by atoms with Gasteiger partial charge in [-0.15, -0.1) is 0 Å². The summed E-state index contributed by atoms with van der Waals surface area (Å²) in [6, 6.07) is 0. The van der Waals surface area contributed by atoms with Crippen molar-refractivity contribution in [2.45, 2.75) is 112 Å². The first kappa shape index (κ1) is 35.3. The molecule has 0 saturated carbocycles. The van der Waals surface area contributed by atoms with Crippen LogP contribution in [0.5, 0.6) is 0 Å². The number of H-pyrrole nitrogens is 2. The minimum atomic E-state index is -0.896. The van der Waals surface area contributed by atoms with Gasteiger partial charge in [-0.05, 0) is 112 Å². The predicted molar refractivity (Wildman–Crippen MR) is 182 cm³/mol. The molecular formula is C37H48N4O6. The Bertz CT molecular complexity index is 1590.